The molecule has 0 radical (unpaired) electrons. The van der Waals surface area contributed by atoms with Crippen LogP contribution in [0.2, 0.25) is 0 Å². The van der Waals surface area contributed by atoms with Crippen LogP contribution in [0.5, 0.6) is 0 Å². The summed E-state index contributed by atoms with van der Waals surface area (Å²) in [5, 5.41) is 6.11. The predicted octanol–water partition coefficient (Wildman–Crippen LogP) is 2.13. The minimum atomic E-state index is -4.56. The summed E-state index contributed by atoms with van der Waals surface area (Å²) in [6, 6.07) is 1.96. The molecule has 0 aliphatic rings. The van der Waals surface area contributed by atoms with Gasteiger partial charge in [0.25, 0.3) is 0 Å². The largest absolute Gasteiger partial charge is 0.433 e. The van der Waals surface area contributed by atoms with Crippen molar-refractivity contribution in [3.05, 3.63) is 41.3 Å². The molecule has 2 heterocycles. The molecular weight excluding hydrogens is 315 g/mol. The quantitative estimate of drug-likeness (QED) is 0.929. The molecule has 23 heavy (non-hydrogen) atoms. The van der Waals surface area contributed by atoms with E-state index < -0.39 is 17.9 Å². The van der Waals surface area contributed by atoms with E-state index in [1.54, 1.807) is 6.07 Å². The third-order valence-electron chi connectivity index (χ3n) is 2.83. The molecule has 10 heteroatoms. The molecule has 0 unspecified atom stereocenters. The summed E-state index contributed by atoms with van der Waals surface area (Å²) in [4.78, 5) is 20.5. The molecule has 2 rings (SSSR count). The number of halogens is 3. The molecule has 0 spiro atoms. The average molecular weight is 329 g/mol. The molecule has 2 aromatic heterocycles. The molecular formula is C13H14F3N5O2. The molecule has 7 nitrogen and oxygen atoms in total. The number of aryl methyl sites for hydroxylation is 1. The van der Waals surface area contributed by atoms with Crippen molar-refractivity contribution < 1.29 is 22.5 Å². The molecule has 0 aliphatic heterocycles. The Bertz CT molecular complexity index is 673. The van der Waals surface area contributed by atoms with Crippen molar-refractivity contribution in [2.24, 2.45) is 0 Å². The fourth-order valence-corrected chi connectivity index (χ4v) is 1.78. The second kappa shape index (κ2) is 6.63. The van der Waals surface area contributed by atoms with Gasteiger partial charge in [0.15, 0.2) is 0 Å². The minimum absolute atomic E-state index is 0.111. The summed E-state index contributed by atoms with van der Waals surface area (Å²) in [5.74, 6) is -0.111. The maximum atomic E-state index is 12.7. The lowest BCUT2D eigenvalue weighted by Gasteiger charge is -2.16. The molecule has 0 atom stereocenters. The van der Waals surface area contributed by atoms with E-state index in [0.29, 0.717) is 5.69 Å². The van der Waals surface area contributed by atoms with Gasteiger partial charge in [-0.2, -0.15) is 13.2 Å². The van der Waals surface area contributed by atoms with Gasteiger partial charge in [0.05, 0.1) is 13.1 Å². The summed E-state index contributed by atoms with van der Waals surface area (Å²) in [5.41, 5.74) is -0.313. The van der Waals surface area contributed by atoms with Gasteiger partial charge in [-0.05, 0) is 13.0 Å². The number of aromatic nitrogens is 3. The Morgan fingerprint density at radius 2 is 2.13 bits per heavy atom. The van der Waals surface area contributed by atoms with Crippen molar-refractivity contribution in [3.63, 3.8) is 0 Å². The maximum Gasteiger partial charge on any atom is 0.433 e. The van der Waals surface area contributed by atoms with Crippen molar-refractivity contribution in [3.8, 4) is 0 Å². The average Bonchev–Trinajstić information content (AvgIpc) is 2.96. The zero-order valence-electron chi connectivity index (χ0n) is 12.4. The van der Waals surface area contributed by atoms with Gasteiger partial charge in [-0.3, -0.25) is 0 Å². The molecule has 0 saturated heterocycles. The molecule has 124 valence electrons. The highest BCUT2D eigenvalue weighted by atomic mass is 19.4. The molecule has 2 amide bonds. The molecule has 0 fully saturated rings. The van der Waals surface area contributed by atoms with Crippen LogP contribution < -0.4 is 5.32 Å². The summed E-state index contributed by atoms with van der Waals surface area (Å²) >= 11 is 0. The number of hydrogen-bond acceptors (Lipinski definition) is 5. The first-order valence-electron chi connectivity index (χ1n) is 6.55. The second-order valence-electron chi connectivity index (χ2n) is 4.81. The van der Waals surface area contributed by atoms with E-state index in [2.05, 4.69) is 25.0 Å². The van der Waals surface area contributed by atoms with E-state index in [0.717, 1.165) is 6.07 Å². The number of rotatable bonds is 4. The van der Waals surface area contributed by atoms with Crippen LogP contribution in [0.15, 0.2) is 22.9 Å². The summed E-state index contributed by atoms with van der Waals surface area (Å²) < 4.78 is 42.7. The molecule has 0 saturated carbocycles. The number of carbonyl (C=O) groups excluding carboxylic acids is 1. The monoisotopic (exact) mass is 329 g/mol. The summed E-state index contributed by atoms with van der Waals surface area (Å²) in [6.45, 7) is 1.41. The van der Waals surface area contributed by atoms with E-state index in [1.807, 2.05) is 0 Å². The Hall–Kier alpha value is -2.65. The zero-order chi connectivity index (χ0) is 17.0. The lowest BCUT2D eigenvalue weighted by atomic mass is 10.3. The van der Waals surface area contributed by atoms with Crippen LogP contribution in [0.25, 0.3) is 0 Å². The van der Waals surface area contributed by atoms with Crippen LogP contribution in [0.3, 0.4) is 0 Å². The first-order valence-corrected chi connectivity index (χ1v) is 6.55. The van der Waals surface area contributed by atoms with Gasteiger partial charge >= 0.3 is 12.2 Å². The fourth-order valence-electron chi connectivity index (χ4n) is 1.78. The second-order valence-corrected chi connectivity index (χ2v) is 4.81. The predicted molar refractivity (Wildman–Crippen MR) is 72.0 cm³/mol. The van der Waals surface area contributed by atoms with Gasteiger partial charge in [0.1, 0.15) is 23.5 Å². The zero-order valence-corrected chi connectivity index (χ0v) is 12.4. The van der Waals surface area contributed by atoms with Crippen LogP contribution in [-0.4, -0.2) is 33.1 Å². The Labute approximate surface area is 129 Å². The van der Waals surface area contributed by atoms with Crippen molar-refractivity contribution in [1.29, 1.82) is 0 Å². The van der Waals surface area contributed by atoms with Gasteiger partial charge in [0, 0.05) is 18.8 Å². The topological polar surface area (TPSA) is 84.2 Å². The standard InChI is InChI=1S/C13H14F3N5O2/c1-8-5-10(13(14,15)16)19-11(18-8)6-17-12(22)21(2)7-9-3-4-23-20-9/h3-5H,6-7H2,1-2H3,(H,17,22). The fraction of sp³-hybridized carbons (Fsp3) is 0.385. The maximum absolute atomic E-state index is 12.7. The Morgan fingerprint density at radius 3 is 2.74 bits per heavy atom. The van der Waals surface area contributed by atoms with Gasteiger partial charge in [-0.1, -0.05) is 5.16 Å². The molecule has 2 aromatic rings. The highest BCUT2D eigenvalue weighted by Gasteiger charge is 2.33. The number of nitrogens with one attached hydrogen (secondary N) is 1. The number of nitrogens with zero attached hydrogens (tertiary/aromatic N) is 4. The first-order chi connectivity index (χ1) is 10.8. The lowest BCUT2D eigenvalue weighted by Crippen LogP contribution is -2.37. The van der Waals surface area contributed by atoms with Crippen LogP contribution >= 0.6 is 0 Å². The highest BCUT2D eigenvalue weighted by molar-refractivity contribution is 5.73. The van der Waals surface area contributed by atoms with E-state index in [4.69, 9.17) is 0 Å². The Morgan fingerprint density at radius 1 is 1.39 bits per heavy atom. The number of urea groups is 1. The van der Waals surface area contributed by atoms with Crippen molar-refractivity contribution in [2.45, 2.75) is 26.2 Å². The van der Waals surface area contributed by atoms with E-state index in [-0.39, 0.29) is 24.6 Å². The molecule has 0 aromatic carbocycles. The third-order valence-corrected chi connectivity index (χ3v) is 2.83. The van der Waals surface area contributed by atoms with E-state index in [9.17, 15) is 18.0 Å². The van der Waals surface area contributed by atoms with Gasteiger partial charge in [0.2, 0.25) is 0 Å². The minimum Gasteiger partial charge on any atom is -0.364 e. The van der Waals surface area contributed by atoms with Gasteiger partial charge < -0.3 is 14.7 Å². The molecule has 0 bridgehead atoms. The normalized spacial score (nSPS) is 11.3. The van der Waals surface area contributed by atoms with Crippen LogP contribution in [-0.2, 0) is 19.3 Å². The van der Waals surface area contributed by atoms with Crippen LogP contribution in [0.1, 0.15) is 22.9 Å². The van der Waals surface area contributed by atoms with Crippen molar-refractivity contribution in [1.82, 2.24) is 25.3 Å². The summed E-state index contributed by atoms with van der Waals surface area (Å²) in [7, 11) is 1.52. The summed E-state index contributed by atoms with van der Waals surface area (Å²) in [6.07, 6.45) is -3.18. The third kappa shape index (κ3) is 4.66. The first kappa shape index (κ1) is 16.7. The highest BCUT2D eigenvalue weighted by Crippen LogP contribution is 2.27. The van der Waals surface area contributed by atoms with Crippen LogP contribution in [0, 0.1) is 6.92 Å². The van der Waals surface area contributed by atoms with Crippen LogP contribution in [0.4, 0.5) is 18.0 Å². The van der Waals surface area contributed by atoms with Gasteiger partial charge in [-0.25, -0.2) is 14.8 Å². The van der Waals surface area contributed by atoms with Gasteiger partial charge in [-0.15, -0.1) is 0 Å². The van der Waals surface area contributed by atoms with E-state index in [1.165, 1.54) is 25.1 Å². The van der Waals surface area contributed by atoms with E-state index >= 15 is 0 Å². The molecule has 1 N–H and O–H groups in total. The Balaban J connectivity index is 1.97. The number of alkyl halides is 3. The number of hydrogen-bond donors (Lipinski definition) is 1. The Kier molecular flexibility index (Phi) is 4.82. The molecule has 0 aliphatic carbocycles. The lowest BCUT2D eigenvalue weighted by molar-refractivity contribution is -0.141. The number of amides is 2. The number of carbonyl (C=O) groups is 1. The van der Waals surface area contributed by atoms with Crippen molar-refractivity contribution >= 4 is 6.03 Å². The SMILES string of the molecule is Cc1cc(C(F)(F)F)nc(CNC(=O)N(C)Cc2ccon2)n1. The smallest absolute Gasteiger partial charge is 0.364 e. The van der Waals surface area contributed by atoms with Crippen molar-refractivity contribution in [2.75, 3.05) is 7.05 Å².